The van der Waals surface area contributed by atoms with Gasteiger partial charge in [-0.1, -0.05) is 35.7 Å². The van der Waals surface area contributed by atoms with Gasteiger partial charge >= 0.3 is 0 Å². The molecule has 0 radical (unpaired) electrons. The largest absolute Gasteiger partial charge is 0.496 e. The van der Waals surface area contributed by atoms with Crippen molar-refractivity contribution in [3.8, 4) is 5.75 Å². The Bertz CT molecular complexity index is 496. The lowest BCUT2D eigenvalue weighted by atomic mass is 10.1. The van der Waals surface area contributed by atoms with Crippen molar-refractivity contribution in [2.45, 2.75) is 45.2 Å². The van der Waals surface area contributed by atoms with Crippen molar-refractivity contribution in [2.24, 2.45) is 10.9 Å². The Morgan fingerprint density at radius 1 is 1.43 bits per heavy atom. The van der Waals surface area contributed by atoms with Gasteiger partial charge in [-0.3, -0.25) is 4.90 Å². The molecule has 1 aliphatic carbocycles. The van der Waals surface area contributed by atoms with Crippen LogP contribution in [0.4, 0.5) is 0 Å². The van der Waals surface area contributed by atoms with E-state index >= 15 is 0 Å². The van der Waals surface area contributed by atoms with E-state index in [9.17, 15) is 0 Å². The number of oxime groups is 1. The smallest absolute Gasteiger partial charge is 0.153 e. The minimum atomic E-state index is 0.258. The summed E-state index contributed by atoms with van der Waals surface area (Å²) in [4.78, 5) is 2.29. The number of ether oxygens (including phenoxy) is 1. The van der Waals surface area contributed by atoms with Crippen LogP contribution in [0.2, 0.25) is 0 Å². The number of hydrogen-bond donors (Lipinski definition) is 2. The van der Waals surface area contributed by atoms with Crippen LogP contribution in [-0.2, 0) is 6.54 Å². The monoisotopic (exact) mass is 291 g/mol. The SMILES string of the molecule is COc1ccc(C)cc1CN(CC(N)=NO)C1CCCC1. The van der Waals surface area contributed by atoms with E-state index in [1.807, 2.05) is 12.1 Å². The summed E-state index contributed by atoms with van der Waals surface area (Å²) in [6.45, 7) is 3.32. The number of benzene rings is 1. The molecule has 2 rings (SSSR count). The van der Waals surface area contributed by atoms with Gasteiger partial charge < -0.3 is 15.7 Å². The number of amidine groups is 1. The molecular weight excluding hydrogens is 266 g/mol. The third kappa shape index (κ3) is 4.11. The Labute approximate surface area is 126 Å². The maximum absolute atomic E-state index is 8.85. The highest BCUT2D eigenvalue weighted by atomic mass is 16.5. The fourth-order valence-electron chi connectivity index (χ4n) is 3.07. The van der Waals surface area contributed by atoms with Gasteiger partial charge in [0.15, 0.2) is 5.84 Å². The molecular formula is C16H25N3O2. The first-order valence-corrected chi connectivity index (χ1v) is 7.48. The van der Waals surface area contributed by atoms with Crippen LogP contribution in [-0.4, -0.2) is 35.6 Å². The van der Waals surface area contributed by atoms with E-state index in [1.54, 1.807) is 7.11 Å². The average molecular weight is 291 g/mol. The van der Waals surface area contributed by atoms with Gasteiger partial charge in [0.1, 0.15) is 5.75 Å². The number of methoxy groups -OCH3 is 1. The molecule has 0 unspecified atom stereocenters. The van der Waals surface area contributed by atoms with E-state index in [4.69, 9.17) is 15.7 Å². The van der Waals surface area contributed by atoms with Crippen molar-refractivity contribution in [2.75, 3.05) is 13.7 Å². The van der Waals surface area contributed by atoms with Crippen LogP contribution < -0.4 is 10.5 Å². The van der Waals surface area contributed by atoms with Crippen LogP contribution in [0.1, 0.15) is 36.8 Å². The third-order valence-corrected chi connectivity index (χ3v) is 4.14. The van der Waals surface area contributed by atoms with Crippen molar-refractivity contribution in [3.05, 3.63) is 29.3 Å². The summed E-state index contributed by atoms with van der Waals surface area (Å²) < 4.78 is 5.46. The highest BCUT2D eigenvalue weighted by molar-refractivity contribution is 5.81. The molecule has 21 heavy (non-hydrogen) atoms. The first-order chi connectivity index (χ1) is 10.1. The van der Waals surface area contributed by atoms with E-state index in [1.165, 1.54) is 31.2 Å². The molecule has 0 aliphatic heterocycles. The molecule has 0 bridgehead atoms. The second-order valence-electron chi connectivity index (χ2n) is 5.75. The lowest BCUT2D eigenvalue weighted by Crippen LogP contribution is -2.39. The summed E-state index contributed by atoms with van der Waals surface area (Å²) in [5.41, 5.74) is 8.08. The van der Waals surface area contributed by atoms with E-state index in [2.05, 4.69) is 23.0 Å². The molecule has 5 nitrogen and oxygen atoms in total. The fraction of sp³-hybridized carbons (Fsp3) is 0.562. The van der Waals surface area contributed by atoms with Crippen LogP contribution in [0.25, 0.3) is 0 Å². The molecule has 0 saturated heterocycles. The van der Waals surface area contributed by atoms with E-state index in [0.717, 1.165) is 17.9 Å². The van der Waals surface area contributed by atoms with Crippen LogP contribution in [0.15, 0.2) is 23.4 Å². The molecule has 1 aliphatic rings. The van der Waals surface area contributed by atoms with Gasteiger partial charge in [0.2, 0.25) is 0 Å². The summed E-state index contributed by atoms with van der Waals surface area (Å²) in [6.07, 6.45) is 4.85. The van der Waals surface area contributed by atoms with Crippen LogP contribution in [0.5, 0.6) is 5.75 Å². The van der Waals surface area contributed by atoms with Crippen molar-refractivity contribution in [1.82, 2.24) is 4.90 Å². The van der Waals surface area contributed by atoms with Gasteiger partial charge in [0.25, 0.3) is 0 Å². The first-order valence-electron chi connectivity index (χ1n) is 7.48. The van der Waals surface area contributed by atoms with E-state index in [-0.39, 0.29) is 5.84 Å². The fourth-order valence-corrected chi connectivity index (χ4v) is 3.07. The van der Waals surface area contributed by atoms with Gasteiger partial charge in [0.05, 0.1) is 13.7 Å². The number of nitrogens with two attached hydrogens (primary N) is 1. The Morgan fingerprint density at radius 2 is 2.14 bits per heavy atom. The second kappa shape index (κ2) is 7.31. The van der Waals surface area contributed by atoms with Gasteiger partial charge in [-0.25, -0.2) is 0 Å². The molecule has 1 fully saturated rings. The van der Waals surface area contributed by atoms with E-state index < -0.39 is 0 Å². The van der Waals surface area contributed by atoms with Gasteiger partial charge in [-0.15, -0.1) is 0 Å². The first kappa shape index (κ1) is 15.6. The molecule has 0 spiro atoms. The highest BCUT2D eigenvalue weighted by Gasteiger charge is 2.24. The summed E-state index contributed by atoms with van der Waals surface area (Å²) in [6, 6.07) is 6.69. The van der Waals surface area contributed by atoms with Gasteiger partial charge in [0, 0.05) is 18.2 Å². The van der Waals surface area contributed by atoms with Crippen LogP contribution in [0.3, 0.4) is 0 Å². The second-order valence-corrected chi connectivity index (χ2v) is 5.75. The Balaban J connectivity index is 2.19. The van der Waals surface area contributed by atoms with Gasteiger partial charge in [-0.05, 0) is 25.8 Å². The minimum Gasteiger partial charge on any atom is -0.496 e. The molecule has 5 heteroatoms. The summed E-state index contributed by atoms with van der Waals surface area (Å²) in [7, 11) is 1.69. The van der Waals surface area contributed by atoms with Crippen molar-refractivity contribution in [3.63, 3.8) is 0 Å². The Hall–Kier alpha value is -1.75. The average Bonchev–Trinajstić information content (AvgIpc) is 3.01. The normalized spacial score (nSPS) is 16.6. The predicted molar refractivity (Wildman–Crippen MR) is 83.8 cm³/mol. The Morgan fingerprint density at radius 3 is 2.76 bits per heavy atom. The molecule has 1 saturated carbocycles. The number of aryl methyl sites for hydroxylation is 1. The molecule has 1 aromatic carbocycles. The van der Waals surface area contributed by atoms with Crippen LogP contribution in [0, 0.1) is 6.92 Å². The quantitative estimate of drug-likeness (QED) is 0.365. The molecule has 3 N–H and O–H groups in total. The molecule has 1 aromatic rings. The lowest BCUT2D eigenvalue weighted by Gasteiger charge is -2.29. The Kier molecular flexibility index (Phi) is 5.44. The van der Waals surface area contributed by atoms with E-state index in [0.29, 0.717) is 12.6 Å². The predicted octanol–water partition coefficient (Wildman–Crippen LogP) is 2.49. The number of hydrogen-bond acceptors (Lipinski definition) is 4. The zero-order valence-corrected chi connectivity index (χ0v) is 12.9. The molecule has 0 heterocycles. The molecule has 0 amide bonds. The zero-order chi connectivity index (χ0) is 15.2. The maximum Gasteiger partial charge on any atom is 0.153 e. The van der Waals surface area contributed by atoms with Gasteiger partial charge in [-0.2, -0.15) is 0 Å². The lowest BCUT2D eigenvalue weighted by molar-refractivity contribution is 0.211. The van der Waals surface area contributed by atoms with Crippen LogP contribution >= 0.6 is 0 Å². The third-order valence-electron chi connectivity index (χ3n) is 4.14. The molecule has 0 atom stereocenters. The van der Waals surface area contributed by atoms with Crippen molar-refractivity contribution in [1.29, 1.82) is 0 Å². The van der Waals surface area contributed by atoms with Crippen molar-refractivity contribution < 1.29 is 9.94 Å². The minimum absolute atomic E-state index is 0.258. The highest BCUT2D eigenvalue weighted by Crippen LogP contribution is 2.27. The number of rotatable bonds is 6. The maximum atomic E-state index is 8.85. The summed E-state index contributed by atoms with van der Waals surface area (Å²) in [5, 5.41) is 12.0. The summed E-state index contributed by atoms with van der Waals surface area (Å²) >= 11 is 0. The zero-order valence-electron chi connectivity index (χ0n) is 12.9. The van der Waals surface area contributed by atoms with Crippen molar-refractivity contribution >= 4 is 5.84 Å². The molecule has 0 aromatic heterocycles. The molecule has 116 valence electrons. The standard InChI is InChI=1S/C16H25N3O2/c1-12-7-8-15(21-2)13(9-12)10-19(11-16(17)18-20)14-5-3-4-6-14/h7-9,14,20H,3-6,10-11H2,1-2H3,(H2,17,18). The number of nitrogens with zero attached hydrogens (tertiary/aromatic N) is 2. The topological polar surface area (TPSA) is 71.1 Å². The summed E-state index contributed by atoms with van der Waals surface area (Å²) in [5.74, 6) is 1.15.